The maximum atomic E-state index is 12.6. The summed E-state index contributed by atoms with van der Waals surface area (Å²) < 4.78 is 5.35. The van der Waals surface area contributed by atoms with Crippen molar-refractivity contribution < 1.29 is 14.3 Å². The Hall–Kier alpha value is -1.38. The molecule has 1 unspecified atom stereocenters. The number of nitrogens with one attached hydrogen (secondary N) is 2. The molecular weight excluding hydrogens is 415 g/mol. The minimum absolute atomic E-state index is 0. The number of hydrogen-bond donors (Lipinski definition) is 2. The molecule has 164 valence electrons. The zero-order valence-corrected chi connectivity index (χ0v) is 18.5. The van der Waals surface area contributed by atoms with Crippen molar-refractivity contribution in [2.24, 2.45) is 5.92 Å². The highest BCUT2D eigenvalue weighted by Crippen LogP contribution is 2.20. The summed E-state index contributed by atoms with van der Waals surface area (Å²) in [4.78, 5) is 29.0. The molecule has 0 bridgehead atoms. The van der Waals surface area contributed by atoms with Gasteiger partial charge in [0.25, 0.3) is 0 Å². The van der Waals surface area contributed by atoms with Gasteiger partial charge in [0.1, 0.15) is 0 Å². The summed E-state index contributed by atoms with van der Waals surface area (Å²) in [7, 11) is 0. The van der Waals surface area contributed by atoms with Crippen LogP contribution in [0.5, 0.6) is 0 Å². The first kappa shape index (κ1) is 25.7. The lowest BCUT2D eigenvalue weighted by Gasteiger charge is -2.28. The minimum Gasteiger partial charge on any atom is -0.379 e. The van der Waals surface area contributed by atoms with Gasteiger partial charge >= 0.3 is 0 Å². The number of hydrogen-bond acceptors (Lipinski definition) is 5. The van der Waals surface area contributed by atoms with Crippen LogP contribution in [-0.4, -0.2) is 74.1 Å². The predicted molar refractivity (Wildman–Crippen MR) is 119 cm³/mol. The van der Waals surface area contributed by atoms with Gasteiger partial charge in [-0.1, -0.05) is 19.1 Å². The van der Waals surface area contributed by atoms with Gasteiger partial charge in [-0.3, -0.25) is 14.5 Å². The molecule has 0 saturated carbocycles. The highest BCUT2D eigenvalue weighted by molar-refractivity contribution is 5.97. The van der Waals surface area contributed by atoms with Gasteiger partial charge in [0.05, 0.1) is 19.1 Å². The molecule has 2 aliphatic rings. The van der Waals surface area contributed by atoms with Crippen molar-refractivity contribution >= 4 is 42.3 Å². The lowest BCUT2D eigenvalue weighted by Crippen LogP contribution is -2.42. The fourth-order valence-electron chi connectivity index (χ4n) is 3.52. The zero-order valence-electron chi connectivity index (χ0n) is 16.9. The van der Waals surface area contributed by atoms with Crippen LogP contribution < -0.4 is 10.6 Å². The van der Waals surface area contributed by atoms with Gasteiger partial charge in [0.15, 0.2) is 0 Å². The number of amides is 2. The molecule has 9 heteroatoms. The number of morpholine rings is 1. The Kier molecular flexibility index (Phi) is 11.5. The highest BCUT2D eigenvalue weighted by atomic mass is 35.5. The van der Waals surface area contributed by atoms with Crippen molar-refractivity contribution in [3.8, 4) is 0 Å². The van der Waals surface area contributed by atoms with Crippen molar-refractivity contribution in [1.82, 2.24) is 15.1 Å². The second-order valence-electron chi connectivity index (χ2n) is 7.16. The van der Waals surface area contributed by atoms with E-state index in [4.69, 9.17) is 4.74 Å². The Labute approximate surface area is 185 Å². The first-order valence-corrected chi connectivity index (χ1v) is 9.84. The number of anilines is 1. The van der Waals surface area contributed by atoms with Crippen molar-refractivity contribution in [3.05, 3.63) is 29.8 Å². The molecule has 0 radical (unpaired) electrons. The average molecular weight is 447 g/mol. The van der Waals surface area contributed by atoms with E-state index in [-0.39, 0.29) is 42.5 Å². The molecule has 7 nitrogen and oxygen atoms in total. The third kappa shape index (κ3) is 7.75. The number of likely N-dealkylation sites (tertiary alicyclic amines) is 1. The summed E-state index contributed by atoms with van der Waals surface area (Å²) in [5.41, 5.74) is 1.92. The maximum absolute atomic E-state index is 12.6. The average Bonchev–Trinajstić information content (AvgIpc) is 3.07. The molecule has 29 heavy (non-hydrogen) atoms. The number of rotatable bonds is 8. The maximum Gasteiger partial charge on any atom is 0.229 e. The van der Waals surface area contributed by atoms with E-state index in [1.54, 1.807) is 0 Å². The molecule has 1 atom stereocenters. The third-order valence-corrected chi connectivity index (χ3v) is 5.15. The first-order chi connectivity index (χ1) is 13.2. The molecule has 2 N–H and O–H groups in total. The molecule has 2 heterocycles. The van der Waals surface area contributed by atoms with Crippen molar-refractivity contribution in [2.45, 2.75) is 19.9 Å². The molecule has 0 aliphatic carbocycles. The van der Waals surface area contributed by atoms with Gasteiger partial charge in [0, 0.05) is 51.4 Å². The minimum atomic E-state index is -0.278. The molecule has 2 fully saturated rings. The topological polar surface area (TPSA) is 73.9 Å². The first-order valence-electron chi connectivity index (χ1n) is 9.84. The molecule has 3 rings (SSSR count). The van der Waals surface area contributed by atoms with E-state index in [9.17, 15) is 9.59 Å². The Morgan fingerprint density at radius 3 is 2.69 bits per heavy atom. The van der Waals surface area contributed by atoms with Crippen LogP contribution in [0.1, 0.15) is 18.9 Å². The van der Waals surface area contributed by atoms with Gasteiger partial charge in [-0.15, -0.1) is 24.8 Å². The van der Waals surface area contributed by atoms with E-state index in [0.717, 1.165) is 57.2 Å². The summed E-state index contributed by atoms with van der Waals surface area (Å²) in [6.07, 6.45) is 0.298. The Morgan fingerprint density at radius 1 is 1.21 bits per heavy atom. The third-order valence-electron chi connectivity index (χ3n) is 5.15. The summed E-state index contributed by atoms with van der Waals surface area (Å²) >= 11 is 0. The summed E-state index contributed by atoms with van der Waals surface area (Å²) in [5, 5.41) is 6.25. The summed E-state index contributed by atoms with van der Waals surface area (Å²) in [5.74, 6) is -0.276. The number of benzene rings is 1. The fraction of sp³-hybridized carbons (Fsp3) is 0.600. The Balaban J connectivity index is 0.00000210. The van der Waals surface area contributed by atoms with Crippen LogP contribution in [0.3, 0.4) is 0 Å². The van der Waals surface area contributed by atoms with Crippen molar-refractivity contribution in [3.63, 3.8) is 0 Å². The van der Waals surface area contributed by atoms with E-state index in [1.165, 1.54) is 0 Å². The molecule has 0 spiro atoms. The van der Waals surface area contributed by atoms with E-state index < -0.39 is 0 Å². The van der Waals surface area contributed by atoms with Crippen LogP contribution >= 0.6 is 24.8 Å². The highest BCUT2D eigenvalue weighted by Gasteiger charge is 2.34. The van der Waals surface area contributed by atoms with E-state index in [1.807, 2.05) is 29.2 Å². The second kappa shape index (κ2) is 13.0. The van der Waals surface area contributed by atoms with Gasteiger partial charge in [-0.05, 0) is 24.2 Å². The van der Waals surface area contributed by atoms with Crippen LogP contribution in [0.4, 0.5) is 5.69 Å². The molecule has 1 aromatic carbocycles. The quantitative estimate of drug-likeness (QED) is 0.636. The lowest BCUT2D eigenvalue weighted by atomic mass is 10.1. The predicted octanol–water partition coefficient (Wildman–Crippen LogP) is 1.76. The molecule has 1 aromatic rings. The van der Waals surface area contributed by atoms with Gasteiger partial charge in [-0.25, -0.2) is 0 Å². The number of carbonyl (C=O) groups excluding carboxylic acids is 2. The van der Waals surface area contributed by atoms with Crippen molar-refractivity contribution in [1.29, 1.82) is 0 Å². The standard InChI is InChI=1S/C20H30N4O3.2ClH/c1-2-21-14-16-4-3-5-18(12-16)22-20(26)17-13-19(25)24(15-17)7-6-23-8-10-27-11-9-23;;/h3-5,12,17,21H,2,6-11,13-15H2,1H3,(H,22,26);2*1H. The van der Waals surface area contributed by atoms with E-state index in [0.29, 0.717) is 19.5 Å². The molecular formula is C20H32Cl2N4O3. The lowest BCUT2D eigenvalue weighted by molar-refractivity contribution is -0.128. The smallest absolute Gasteiger partial charge is 0.229 e. The van der Waals surface area contributed by atoms with Crippen LogP contribution in [0.25, 0.3) is 0 Å². The van der Waals surface area contributed by atoms with Gasteiger partial charge < -0.3 is 20.3 Å². The molecule has 2 aliphatic heterocycles. The van der Waals surface area contributed by atoms with E-state index in [2.05, 4.69) is 22.5 Å². The molecule has 2 amide bonds. The normalized spacial score (nSPS) is 19.4. The molecule has 2 saturated heterocycles. The van der Waals surface area contributed by atoms with Crippen LogP contribution in [-0.2, 0) is 20.9 Å². The number of ether oxygens (including phenoxy) is 1. The largest absolute Gasteiger partial charge is 0.379 e. The van der Waals surface area contributed by atoms with Crippen LogP contribution in [0.15, 0.2) is 24.3 Å². The van der Waals surface area contributed by atoms with Crippen LogP contribution in [0.2, 0.25) is 0 Å². The fourth-order valence-corrected chi connectivity index (χ4v) is 3.52. The Bertz CT molecular complexity index is 656. The Morgan fingerprint density at radius 2 is 1.97 bits per heavy atom. The monoisotopic (exact) mass is 446 g/mol. The SMILES string of the molecule is CCNCc1cccc(NC(=O)C2CC(=O)N(CCN3CCOCC3)C2)c1.Cl.Cl. The van der Waals surface area contributed by atoms with Gasteiger partial charge in [-0.2, -0.15) is 0 Å². The zero-order chi connectivity index (χ0) is 19.1. The van der Waals surface area contributed by atoms with Gasteiger partial charge in [0.2, 0.25) is 11.8 Å². The second-order valence-corrected chi connectivity index (χ2v) is 7.16. The van der Waals surface area contributed by atoms with Crippen LogP contribution in [0, 0.1) is 5.92 Å². The summed E-state index contributed by atoms with van der Waals surface area (Å²) in [6, 6.07) is 7.84. The number of halogens is 2. The van der Waals surface area contributed by atoms with E-state index >= 15 is 0 Å². The number of nitrogens with zero attached hydrogens (tertiary/aromatic N) is 2. The van der Waals surface area contributed by atoms with Crippen molar-refractivity contribution in [2.75, 3.05) is 57.8 Å². The number of carbonyl (C=O) groups is 2. The molecule has 0 aromatic heterocycles. The summed E-state index contributed by atoms with van der Waals surface area (Å²) in [6.45, 7) is 9.11.